The molecule has 0 spiro atoms. The highest BCUT2D eigenvalue weighted by Crippen LogP contribution is 2.31. The van der Waals surface area contributed by atoms with Gasteiger partial charge in [-0.25, -0.2) is 0 Å². The Kier molecular flexibility index (Phi) is 4.85. The minimum absolute atomic E-state index is 0.0185. The van der Waals surface area contributed by atoms with Gasteiger partial charge in [0.25, 0.3) is 0 Å². The summed E-state index contributed by atoms with van der Waals surface area (Å²) in [5.41, 5.74) is 1.71. The van der Waals surface area contributed by atoms with Crippen molar-refractivity contribution in [3.05, 3.63) is 61.2 Å². The zero-order chi connectivity index (χ0) is 16.9. The molecule has 4 heteroatoms. The monoisotopic (exact) mass is 323 g/mol. The van der Waals surface area contributed by atoms with E-state index in [1.54, 1.807) is 17.0 Å². The molecule has 1 heterocycles. The molecule has 2 aromatic rings. The van der Waals surface area contributed by atoms with Crippen LogP contribution in [-0.4, -0.2) is 35.1 Å². The van der Waals surface area contributed by atoms with Crippen LogP contribution in [0.15, 0.2) is 61.2 Å². The molecule has 1 amide bonds. The Hall–Kier alpha value is -2.75. The number of amides is 1. The molecule has 1 fully saturated rings. The average Bonchev–Trinajstić information content (AvgIpc) is 2.62. The molecule has 0 saturated carbocycles. The third-order valence-corrected chi connectivity index (χ3v) is 4.28. The van der Waals surface area contributed by atoms with Crippen LogP contribution in [0.4, 0.5) is 0 Å². The van der Waals surface area contributed by atoms with E-state index in [0.29, 0.717) is 13.1 Å². The number of hydrogen-bond acceptors (Lipinski definition) is 3. The van der Waals surface area contributed by atoms with Gasteiger partial charge in [0.2, 0.25) is 5.91 Å². The number of carbonyl (C=O) groups is 1. The summed E-state index contributed by atoms with van der Waals surface area (Å²) < 4.78 is 6.07. The van der Waals surface area contributed by atoms with Gasteiger partial charge in [-0.05, 0) is 29.8 Å². The predicted octanol–water partition coefficient (Wildman–Crippen LogP) is 3.62. The Bertz CT molecular complexity index is 733. The molecule has 0 aromatic heterocycles. The van der Waals surface area contributed by atoms with Gasteiger partial charge in [-0.2, -0.15) is 0 Å². The number of phenolic OH excluding ortho intramolecular Hbond substituents is 1. The van der Waals surface area contributed by atoms with E-state index in [1.807, 2.05) is 36.4 Å². The number of phenols is 1. The van der Waals surface area contributed by atoms with E-state index in [4.69, 9.17) is 4.74 Å². The van der Waals surface area contributed by atoms with E-state index in [1.165, 1.54) is 6.08 Å². The Balaban J connectivity index is 1.67. The number of para-hydroxylation sites is 1. The smallest absolute Gasteiger partial charge is 0.245 e. The lowest BCUT2D eigenvalue weighted by atomic mass is 10.0. The number of benzene rings is 2. The minimum atomic E-state index is -0.0185. The second-order valence-corrected chi connectivity index (χ2v) is 5.89. The van der Waals surface area contributed by atoms with Gasteiger partial charge in [0.15, 0.2) is 0 Å². The van der Waals surface area contributed by atoms with Crippen LogP contribution in [0.25, 0.3) is 11.1 Å². The van der Waals surface area contributed by atoms with Crippen LogP contribution in [0.3, 0.4) is 0 Å². The van der Waals surface area contributed by atoms with Crippen LogP contribution in [0, 0.1) is 0 Å². The van der Waals surface area contributed by atoms with E-state index in [9.17, 15) is 9.90 Å². The number of likely N-dealkylation sites (tertiary alicyclic amines) is 1. The molecule has 0 unspecified atom stereocenters. The SMILES string of the molecule is C=CC(=O)N1CCC(Oc2cccc(-c3ccccc3O)c2)CC1. The summed E-state index contributed by atoms with van der Waals surface area (Å²) in [4.78, 5) is 13.4. The van der Waals surface area contributed by atoms with E-state index < -0.39 is 0 Å². The molecule has 1 N–H and O–H groups in total. The molecule has 4 nitrogen and oxygen atoms in total. The summed E-state index contributed by atoms with van der Waals surface area (Å²) in [5.74, 6) is 1.02. The third-order valence-electron chi connectivity index (χ3n) is 4.28. The lowest BCUT2D eigenvalue weighted by molar-refractivity contribution is -0.127. The lowest BCUT2D eigenvalue weighted by Crippen LogP contribution is -2.41. The van der Waals surface area contributed by atoms with E-state index in [2.05, 4.69) is 6.58 Å². The van der Waals surface area contributed by atoms with Crippen LogP contribution in [-0.2, 0) is 4.79 Å². The number of carbonyl (C=O) groups excluding carboxylic acids is 1. The molecule has 1 aliphatic heterocycles. The Morgan fingerprint density at radius 2 is 1.92 bits per heavy atom. The van der Waals surface area contributed by atoms with Gasteiger partial charge < -0.3 is 14.7 Å². The topological polar surface area (TPSA) is 49.8 Å². The normalized spacial score (nSPS) is 15.1. The Labute approximate surface area is 142 Å². The largest absolute Gasteiger partial charge is 0.507 e. The van der Waals surface area contributed by atoms with Gasteiger partial charge in [-0.1, -0.05) is 36.9 Å². The minimum Gasteiger partial charge on any atom is -0.507 e. The Morgan fingerprint density at radius 3 is 2.62 bits per heavy atom. The van der Waals surface area contributed by atoms with Gasteiger partial charge in [0, 0.05) is 31.5 Å². The Morgan fingerprint density at radius 1 is 1.17 bits per heavy atom. The molecule has 2 aromatic carbocycles. The van der Waals surface area contributed by atoms with Crippen LogP contribution in [0.1, 0.15) is 12.8 Å². The third kappa shape index (κ3) is 3.59. The molecular formula is C20H21NO3. The molecule has 1 saturated heterocycles. The highest BCUT2D eigenvalue weighted by molar-refractivity contribution is 5.87. The first-order chi connectivity index (χ1) is 11.7. The van der Waals surface area contributed by atoms with Gasteiger partial charge in [-0.3, -0.25) is 4.79 Å². The van der Waals surface area contributed by atoms with Crippen molar-refractivity contribution < 1.29 is 14.6 Å². The quantitative estimate of drug-likeness (QED) is 0.874. The molecule has 0 radical (unpaired) electrons. The molecular weight excluding hydrogens is 302 g/mol. The van der Waals surface area contributed by atoms with Crippen molar-refractivity contribution in [3.63, 3.8) is 0 Å². The van der Waals surface area contributed by atoms with Gasteiger partial charge >= 0.3 is 0 Å². The van der Waals surface area contributed by atoms with Crippen LogP contribution in [0.5, 0.6) is 11.5 Å². The average molecular weight is 323 g/mol. The zero-order valence-electron chi connectivity index (χ0n) is 13.5. The molecule has 0 bridgehead atoms. The lowest BCUT2D eigenvalue weighted by Gasteiger charge is -2.31. The zero-order valence-corrected chi connectivity index (χ0v) is 13.5. The van der Waals surface area contributed by atoms with Crippen molar-refractivity contribution in [2.75, 3.05) is 13.1 Å². The van der Waals surface area contributed by atoms with Crippen molar-refractivity contribution in [2.24, 2.45) is 0 Å². The van der Waals surface area contributed by atoms with Crippen LogP contribution >= 0.6 is 0 Å². The maximum absolute atomic E-state index is 11.6. The summed E-state index contributed by atoms with van der Waals surface area (Å²) in [5, 5.41) is 9.99. The van der Waals surface area contributed by atoms with Crippen molar-refractivity contribution >= 4 is 5.91 Å². The number of hydrogen-bond donors (Lipinski definition) is 1. The van der Waals surface area contributed by atoms with Crippen LogP contribution < -0.4 is 4.74 Å². The van der Waals surface area contributed by atoms with Gasteiger partial charge in [0.1, 0.15) is 17.6 Å². The number of piperidine rings is 1. The summed E-state index contributed by atoms with van der Waals surface area (Å²) in [6.45, 7) is 4.90. The fraction of sp³-hybridized carbons (Fsp3) is 0.250. The molecule has 0 aliphatic carbocycles. The van der Waals surface area contributed by atoms with E-state index in [0.717, 1.165) is 29.7 Å². The van der Waals surface area contributed by atoms with Crippen LogP contribution in [0.2, 0.25) is 0 Å². The second-order valence-electron chi connectivity index (χ2n) is 5.89. The maximum Gasteiger partial charge on any atom is 0.245 e. The second kappa shape index (κ2) is 7.21. The molecule has 124 valence electrons. The van der Waals surface area contributed by atoms with Crippen molar-refractivity contribution in [2.45, 2.75) is 18.9 Å². The summed E-state index contributed by atoms with van der Waals surface area (Å²) in [6, 6.07) is 15.0. The number of ether oxygens (including phenoxy) is 1. The number of rotatable bonds is 4. The highest BCUT2D eigenvalue weighted by Gasteiger charge is 2.22. The molecule has 3 rings (SSSR count). The van der Waals surface area contributed by atoms with E-state index >= 15 is 0 Å². The van der Waals surface area contributed by atoms with Gasteiger partial charge in [-0.15, -0.1) is 0 Å². The summed E-state index contributed by atoms with van der Waals surface area (Å²) >= 11 is 0. The first kappa shape index (κ1) is 16.1. The van der Waals surface area contributed by atoms with Crippen molar-refractivity contribution in [1.82, 2.24) is 4.90 Å². The van der Waals surface area contributed by atoms with E-state index in [-0.39, 0.29) is 17.8 Å². The standard InChI is InChI=1S/C20H21NO3/c1-2-20(23)21-12-10-16(11-13-21)24-17-7-5-6-15(14-17)18-8-3-4-9-19(18)22/h2-9,14,16,22H,1,10-13H2. The molecule has 0 atom stereocenters. The number of nitrogens with zero attached hydrogens (tertiary/aromatic N) is 1. The predicted molar refractivity (Wildman–Crippen MR) is 94.0 cm³/mol. The van der Waals surface area contributed by atoms with Crippen molar-refractivity contribution in [3.8, 4) is 22.6 Å². The summed E-state index contributed by atoms with van der Waals surface area (Å²) in [7, 11) is 0. The first-order valence-corrected chi connectivity index (χ1v) is 8.14. The summed E-state index contributed by atoms with van der Waals surface area (Å²) in [6.07, 6.45) is 3.07. The first-order valence-electron chi connectivity index (χ1n) is 8.14. The molecule has 24 heavy (non-hydrogen) atoms. The highest BCUT2D eigenvalue weighted by atomic mass is 16.5. The number of aromatic hydroxyl groups is 1. The fourth-order valence-corrected chi connectivity index (χ4v) is 2.97. The fourth-order valence-electron chi connectivity index (χ4n) is 2.97. The van der Waals surface area contributed by atoms with Gasteiger partial charge in [0.05, 0.1) is 0 Å². The van der Waals surface area contributed by atoms with Crippen molar-refractivity contribution in [1.29, 1.82) is 0 Å². The maximum atomic E-state index is 11.6. The molecule has 1 aliphatic rings.